The number of benzene rings is 1. The third kappa shape index (κ3) is 4.79. The van der Waals surface area contributed by atoms with Crippen LogP contribution in [0.4, 0.5) is 5.69 Å². The number of piperidine rings is 1. The Morgan fingerprint density at radius 3 is 2.71 bits per heavy atom. The summed E-state index contributed by atoms with van der Waals surface area (Å²) in [6.45, 7) is 7.41. The molecule has 0 bridgehead atoms. The zero-order valence-electron chi connectivity index (χ0n) is 12.8. The van der Waals surface area contributed by atoms with Crippen LogP contribution in [-0.2, 0) is 6.42 Å². The number of likely N-dealkylation sites (N-methyl/N-ethyl adjacent to an activating group) is 1. The second kappa shape index (κ2) is 8.10. The average Bonchev–Trinajstić information content (AvgIpc) is 2.52. The average molecular weight is 291 g/mol. The lowest BCUT2D eigenvalue weighted by molar-refractivity contribution is -0.385. The molecule has 5 heteroatoms. The van der Waals surface area contributed by atoms with Crippen molar-refractivity contribution in [1.29, 1.82) is 0 Å². The van der Waals surface area contributed by atoms with Gasteiger partial charge in [0, 0.05) is 24.7 Å². The minimum absolute atomic E-state index is 0.246. The smallest absolute Gasteiger partial charge is 0.272 e. The van der Waals surface area contributed by atoms with Gasteiger partial charge in [-0.2, -0.15) is 0 Å². The number of hydrogen-bond donors (Lipinski definition) is 1. The van der Waals surface area contributed by atoms with Crippen LogP contribution in [0.15, 0.2) is 24.3 Å². The summed E-state index contributed by atoms with van der Waals surface area (Å²) in [5.74, 6) is 0.761. The Labute approximate surface area is 126 Å². The van der Waals surface area contributed by atoms with Crippen molar-refractivity contribution in [2.75, 3.05) is 32.7 Å². The van der Waals surface area contributed by atoms with Crippen molar-refractivity contribution in [1.82, 2.24) is 10.2 Å². The molecule has 0 saturated carbocycles. The number of nitro benzene ring substituents is 1. The first-order valence-corrected chi connectivity index (χ1v) is 7.86. The lowest BCUT2D eigenvalue weighted by Gasteiger charge is -2.29. The molecule has 116 valence electrons. The normalized spacial score (nSPS) is 16.3. The predicted molar refractivity (Wildman–Crippen MR) is 84.5 cm³/mol. The quantitative estimate of drug-likeness (QED) is 0.619. The van der Waals surface area contributed by atoms with E-state index in [9.17, 15) is 10.1 Å². The third-order valence-corrected chi connectivity index (χ3v) is 4.31. The minimum Gasteiger partial charge on any atom is -0.317 e. The van der Waals surface area contributed by atoms with E-state index in [1.54, 1.807) is 12.1 Å². The molecule has 0 aliphatic carbocycles. The fraction of sp³-hybridized carbons (Fsp3) is 0.625. The Kier molecular flexibility index (Phi) is 6.14. The van der Waals surface area contributed by atoms with E-state index in [2.05, 4.69) is 17.1 Å². The molecule has 0 spiro atoms. The maximum atomic E-state index is 11.0. The van der Waals surface area contributed by atoms with Gasteiger partial charge in [0.15, 0.2) is 0 Å². The Bertz CT molecular complexity index is 459. The van der Waals surface area contributed by atoms with Crippen LogP contribution < -0.4 is 5.32 Å². The van der Waals surface area contributed by atoms with Crippen molar-refractivity contribution in [3.63, 3.8) is 0 Å². The second-order valence-electron chi connectivity index (χ2n) is 5.72. The fourth-order valence-electron chi connectivity index (χ4n) is 2.99. The van der Waals surface area contributed by atoms with Crippen LogP contribution in [0.1, 0.15) is 25.3 Å². The lowest BCUT2D eigenvalue weighted by atomic mass is 9.97. The fourth-order valence-corrected chi connectivity index (χ4v) is 2.99. The number of hydrogen-bond acceptors (Lipinski definition) is 4. The molecule has 0 unspecified atom stereocenters. The van der Waals surface area contributed by atoms with Gasteiger partial charge in [-0.3, -0.25) is 10.1 Å². The van der Waals surface area contributed by atoms with Crippen LogP contribution in [0.5, 0.6) is 0 Å². The summed E-state index contributed by atoms with van der Waals surface area (Å²) >= 11 is 0. The van der Waals surface area contributed by atoms with Crippen molar-refractivity contribution in [2.45, 2.75) is 26.2 Å². The zero-order valence-corrected chi connectivity index (χ0v) is 12.8. The lowest BCUT2D eigenvalue weighted by Crippen LogP contribution is -2.37. The highest BCUT2D eigenvalue weighted by Crippen LogP contribution is 2.19. The number of para-hydroxylation sites is 1. The molecular weight excluding hydrogens is 266 g/mol. The van der Waals surface area contributed by atoms with E-state index in [1.807, 2.05) is 12.1 Å². The molecule has 1 aliphatic heterocycles. The monoisotopic (exact) mass is 291 g/mol. The number of nitro groups is 1. The molecular formula is C16H25N3O2. The molecule has 1 aromatic carbocycles. The maximum Gasteiger partial charge on any atom is 0.272 e. The Balaban J connectivity index is 1.89. The van der Waals surface area contributed by atoms with Gasteiger partial charge >= 0.3 is 0 Å². The molecule has 1 N–H and O–H groups in total. The molecule has 5 nitrogen and oxygen atoms in total. The summed E-state index contributed by atoms with van der Waals surface area (Å²) in [4.78, 5) is 13.2. The summed E-state index contributed by atoms with van der Waals surface area (Å²) in [5.41, 5.74) is 1.08. The molecule has 1 saturated heterocycles. The Hall–Kier alpha value is -1.46. The molecule has 0 atom stereocenters. The van der Waals surface area contributed by atoms with E-state index in [0.717, 1.165) is 50.6 Å². The highest BCUT2D eigenvalue weighted by atomic mass is 16.6. The van der Waals surface area contributed by atoms with Crippen molar-refractivity contribution in [2.24, 2.45) is 5.92 Å². The first-order chi connectivity index (χ1) is 10.2. The molecule has 0 radical (unpaired) electrons. The zero-order chi connectivity index (χ0) is 15.1. The second-order valence-corrected chi connectivity index (χ2v) is 5.72. The van der Waals surface area contributed by atoms with Crippen LogP contribution >= 0.6 is 0 Å². The third-order valence-electron chi connectivity index (χ3n) is 4.31. The highest BCUT2D eigenvalue weighted by Gasteiger charge is 2.17. The Morgan fingerprint density at radius 2 is 2.05 bits per heavy atom. The summed E-state index contributed by atoms with van der Waals surface area (Å²) in [7, 11) is 0. The highest BCUT2D eigenvalue weighted by molar-refractivity contribution is 5.39. The van der Waals surface area contributed by atoms with Gasteiger partial charge < -0.3 is 10.2 Å². The van der Waals surface area contributed by atoms with Crippen LogP contribution in [0, 0.1) is 16.0 Å². The van der Waals surface area contributed by atoms with E-state index < -0.39 is 0 Å². The van der Waals surface area contributed by atoms with Crippen LogP contribution in [0.25, 0.3) is 0 Å². The van der Waals surface area contributed by atoms with Crippen molar-refractivity contribution < 1.29 is 4.92 Å². The van der Waals surface area contributed by atoms with Gasteiger partial charge in [0.1, 0.15) is 0 Å². The first kappa shape index (κ1) is 15.9. The number of nitrogens with zero attached hydrogens (tertiary/aromatic N) is 2. The summed E-state index contributed by atoms with van der Waals surface area (Å²) in [5, 5.41) is 14.4. The van der Waals surface area contributed by atoms with Gasteiger partial charge in [0.05, 0.1) is 4.92 Å². The molecule has 1 aliphatic rings. The summed E-state index contributed by atoms with van der Waals surface area (Å²) in [6, 6.07) is 7.08. The maximum absolute atomic E-state index is 11.0. The van der Waals surface area contributed by atoms with E-state index in [0.29, 0.717) is 0 Å². The number of rotatable bonds is 7. The van der Waals surface area contributed by atoms with Gasteiger partial charge in [-0.05, 0) is 44.8 Å². The molecule has 21 heavy (non-hydrogen) atoms. The standard InChI is InChI=1S/C16H25N3O2/c1-2-18(13-14-7-10-17-11-8-14)12-9-15-5-3-4-6-16(15)19(20)21/h3-6,14,17H,2,7-13H2,1H3. The molecule has 0 amide bonds. The molecule has 1 heterocycles. The van der Waals surface area contributed by atoms with Crippen LogP contribution in [0.3, 0.4) is 0 Å². The van der Waals surface area contributed by atoms with E-state index in [-0.39, 0.29) is 10.6 Å². The van der Waals surface area contributed by atoms with Gasteiger partial charge in [-0.1, -0.05) is 25.1 Å². The largest absolute Gasteiger partial charge is 0.317 e. The summed E-state index contributed by atoms with van der Waals surface area (Å²) < 4.78 is 0. The van der Waals surface area contributed by atoms with Crippen molar-refractivity contribution in [3.05, 3.63) is 39.9 Å². The topological polar surface area (TPSA) is 58.4 Å². The SMILES string of the molecule is CCN(CCc1ccccc1[N+](=O)[O-])CC1CCNCC1. The molecule has 2 rings (SSSR count). The Morgan fingerprint density at radius 1 is 1.33 bits per heavy atom. The van der Waals surface area contributed by atoms with E-state index in [1.165, 1.54) is 12.8 Å². The van der Waals surface area contributed by atoms with Gasteiger partial charge in [-0.25, -0.2) is 0 Å². The van der Waals surface area contributed by atoms with Gasteiger partial charge in [0.2, 0.25) is 0 Å². The van der Waals surface area contributed by atoms with E-state index in [4.69, 9.17) is 0 Å². The van der Waals surface area contributed by atoms with Gasteiger partial charge in [0.25, 0.3) is 5.69 Å². The van der Waals surface area contributed by atoms with Crippen LogP contribution in [-0.4, -0.2) is 42.5 Å². The van der Waals surface area contributed by atoms with Crippen molar-refractivity contribution >= 4 is 5.69 Å². The first-order valence-electron chi connectivity index (χ1n) is 7.86. The van der Waals surface area contributed by atoms with Crippen molar-refractivity contribution in [3.8, 4) is 0 Å². The predicted octanol–water partition coefficient (Wildman–Crippen LogP) is 2.46. The van der Waals surface area contributed by atoms with E-state index >= 15 is 0 Å². The summed E-state index contributed by atoms with van der Waals surface area (Å²) in [6.07, 6.45) is 3.22. The minimum atomic E-state index is -0.279. The van der Waals surface area contributed by atoms with Gasteiger partial charge in [-0.15, -0.1) is 0 Å². The molecule has 1 aromatic rings. The molecule has 1 fully saturated rings. The molecule has 0 aromatic heterocycles. The van der Waals surface area contributed by atoms with Crippen LogP contribution in [0.2, 0.25) is 0 Å². The number of nitrogens with one attached hydrogen (secondary N) is 1.